The van der Waals surface area contributed by atoms with Gasteiger partial charge in [-0.1, -0.05) is 153 Å². The monoisotopic (exact) mass is 697 g/mol. The molecule has 1 heteroatoms. The summed E-state index contributed by atoms with van der Waals surface area (Å²) in [6.45, 7) is 0. The summed E-state index contributed by atoms with van der Waals surface area (Å²) in [7, 11) is 0. The number of rotatable bonds is 7. The number of aryl methyl sites for hydroxylation is 2. The van der Waals surface area contributed by atoms with Crippen LogP contribution in [-0.4, -0.2) is 0 Å². The van der Waals surface area contributed by atoms with Gasteiger partial charge in [0.25, 0.3) is 0 Å². The molecule has 7 aromatic rings. The molecule has 0 unspecified atom stereocenters. The van der Waals surface area contributed by atoms with Gasteiger partial charge in [0.15, 0.2) is 0 Å². The van der Waals surface area contributed by atoms with Crippen LogP contribution in [0.15, 0.2) is 170 Å². The average Bonchev–Trinajstić information content (AvgIpc) is 3.55. The molecule has 10 rings (SSSR count). The maximum Gasteiger partial charge on any atom is 0.0714 e. The highest BCUT2D eigenvalue weighted by atomic mass is 15.1. The first kappa shape index (κ1) is 32.9. The maximum atomic E-state index is 2.49. The summed E-state index contributed by atoms with van der Waals surface area (Å²) in [5.41, 5.74) is 18.1. The molecule has 54 heavy (non-hydrogen) atoms. The van der Waals surface area contributed by atoms with Gasteiger partial charge >= 0.3 is 0 Å². The topological polar surface area (TPSA) is 3.24 Å². The molecule has 0 radical (unpaired) electrons. The first-order chi connectivity index (χ1) is 26.8. The Balaban J connectivity index is 1.13. The van der Waals surface area contributed by atoms with E-state index in [9.17, 15) is 0 Å². The van der Waals surface area contributed by atoms with E-state index in [0.717, 1.165) is 0 Å². The Morgan fingerprint density at radius 3 is 1.69 bits per heavy atom. The van der Waals surface area contributed by atoms with Gasteiger partial charge in [-0.05, 0) is 142 Å². The summed E-state index contributed by atoms with van der Waals surface area (Å²) in [5, 5.41) is 0. The highest BCUT2D eigenvalue weighted by molar-refractivity contribution is 5.89. The van der Waals surface area contributed by atoms with Crippen molar-refractivity contribution in [2.45, 2.75) is 69.1 Å². The van der Waals surface area contributed by atoms with E-state index in [1.165, 1.54) is 136 Å². The highest BCUT2D eigenvalue weighted by Gasteiger charge is 2.46. The maximum absolute atomic E-state index is 2.49. The van der Waals surface area contributed by atoms with E-state index < -0.39 is 5.41 Å². The van der Waals surface area contributed by atoms with E-state index in [2.05, 4.69) is 175 Å². The van der Waals surface area contributed by atoms with Crippen molar-refractivity contribution in [3.8, 4) is 22.3 Å². The predicted octanol–water partition coefficient (Wildman–Crippen LogP) is 14.1. The van der Waals surface area contributed by atoms with Crippen molar-refractivity contribution >= 4 is 17.1 Å². The van der Waals surface area contributed by atoms with Gasteiger partial charge in [0, 0.05) is 17.1 Å². The second-order valence-corrected chi connectivity index (χ2v) is 15.8. The van der Waals surface area contributed by atoms with Crippen LogP contribution < -0.4 is 4.90 Å². The number of anilines is 3. The Hall–Kier alpha value is -5.66. The Morgan fingerprint density at radius 2 is 0.981 bits per heavy atom. The first-order valence-electron chi connectivity index (χ1n) is 20.3. The summed E-state index contributed by atoms with van der Waals surface area (Å²) >= 11 is 0. The molecule has 0 heterocycles. The van der Waals surface area contributed by atoms with Gasteiger partial charge in [-0.25, -0.2) is 0 Å². The van der Waals surface area contributed by atoms with Gasteiger partial charge in [0.1, 0.15) is 0 Å². The summed E-state index contributed by atoms with van der Waals surface area (Å²) < 4.78 is 0. The molecule has 0 aliphatic heterocycles. The molecule has 0 bridgehead atoms. The van der Waals surface area contributed by atoms with Crippen molar-refractivity contribution < 1.29 is 0 Å². The molecular formula is C53H47N. The fraction of sp³-hybridized carbons (Fsp3) is 0.208. The van der Waals surface area contributed by atoms with Crippen LogP contribution in [0.2, 0.25) is 0 Å². The van der Waals surface area contributed by atoms with Gasteiger partial charge in [-0.3, -0.25) is 0 Å². The highest BCUT2D eigenvalue weighted by Crippen LogP contribution is 2.57. The molecule has 3 aliphatic carbocycles. The van der Waals surface area contributed by atoms with Crippen molar-refractivity contribution in [3.05, 3.63) is 209 Å². The van der Waals surface area contributed by atoms with Crippen LogP contribution >= 0.6 is 0 Å². The molecule has 264 valence electrons. The molecule has 0 spiro atoms. The van der Waals surface area contributed by atoms with E-state index in [1.807, 2.05) is 0 Å². The summed E-state index contributed by atoms with van der Waals surface area (Å²) in [4.78, 5) is 2.48. The normalized spacial score (nSPS) is 15.9. The Kier molecular flexibility index (Phi) is 8.52. The van der Waals surface area contributed by atoms with E-state index in [1.54, 1.807) is 0 Å². The second kappa shape index (κ2) is 14.0. The SMILES string of the molecule is c1ccc(C2(c3ccccc3)c3ccccc3-c3ccc(N(c4ccc(-c5ccc6c(c5)CCCC6)cc4)c4ccc(C5CCCCC5)cc4)cc32)cc1. The third-order valence-electron chi connectivity index (χ3n) is 12.7. The van der Waals surface area contributed by atoms with Crippen molar-refractivity contribution in [1.29, 1.82) is 0 Å². The number of hydrogen-bond acceptors (Lipinski definition) is 1. The van der Waals surface area contributed by atoms with Gasteiger partial charge in [0.2, 0.25) is 0 Å². The lowest BCUT2D eigenvalue weighted by atomic mass is 9.67. The number of benzene rings is 7. The van der Waals surface area contributed by atoms with Crippen LogP contribution in [0, 0.1) is 0 Å². The zero-order chi connectivity index (χ0) is 35.9. The number of hydrogen-bond donors (Lipinski definition) is 0. The third-order valence-corrected chi connectivity index (χ3v) is 12.7. The predicted molar refractivity (Wildman–Crippen MR) is 226 cm³/mol. The van der Waals surface area contributed by atoms with Crippen molar-refractivity contribution in [2.75, 3.05) is 4.90 Å². The minimum atomic E-state index is -0.447. The van der Waals surface area contributed by atoms with Crippen LogP contribution in [0.3, 0.4) is 0 Å². The largest absolute Gasteiger partial charge is 0.310 e. The van der Waals surface area contributed by atoms with Crippen LogP contribution in [-0.2, 0) is 18.3 Å². The second-order valence-electron chi connectivity index (χ2n) is 15.8. The van der Waals surface area contributed by atoms with Crippen LogP contribution in [0.4, 0.5) is 17.1 Å². The van der Waals surface area contributed by atoms with Crippen molar-refractivity contribution in [1.82, 2.24) is 0 Å². The summed E-state index contributed by atoms with van der Waals surface area (Å²) in [6.07, 6.45) is 11.7. The first-order valence-corrected chi connectivity index (χ1v) is 20.3. The van der Waals surface area contributed by atoms with E-state index in [-0.39, 0.29) is 0 Å². The molecule has 0 saturated heterocycles. The molecule has 1 nitrogen and oxygen atoms in total. The lowest BCUT2D eigenvalue weighted by molar-refractivity contribution is 0.443. The molecule has 0 atom stereocenters. The average molecular weight is 698 g/mol. The molecule has 3 aliphatic rings. The van der Waals surface area contributed by atoms with Crippen LogP contribution in [0.5, 0.6) is 0 Å². The molecule has 0 N–H and O–H groups in total. The minimum absolute atomic E-state index is 0.447. The zero-order valence-electron chi connectivity index (χ0n) is 31.1. The van der Waals surface area contributed by atoms with E-state index >= 15 is 0 Å². The van der Waals surface area contributed by atoms with Crippen LogP contribution in [0.1, 0.15) is 89.8 Å². The Morgan fingerprint density at radius 1 is 0.407 bits per heavy atom. The standard InChI is InChI=1S/C53H47N/c1-4-14-38(15-5-1)40-26-30-46(31-27-40)54(47-32-28-41(29-33-47)43-25-24-39-16-10-11-17-42(39)36-43)48-34-35-50-49-22-12-13-23-51(49)53(52(50)37-48,44-18-6-2-7-19-44)45-20-8-3-9-21-45/h2-3,6-9,12-13,18-38H,1,4-5,10-11,14-17H2. The molecular weight excluding hydrogens is 651 g/mol. The molecule has 1 fully saturated rings. The summed E-state index contributed by atoms with van der Waals surface area (Å²) in [6, 6.07) is 64.5. The van der Waals surface area contributed by atoms with Gasteiger partial charge in [-0.15, -0.1) is 0 Å². The number of fused-ring (bicyclic) bond motifs is 4. The Labute approximate surface area is 321 Å². The summed E-state index contributed by atoms with van der Waals surface area (Å²) in [5.74, 6) is 0.674. The van der Waals surface area contributed by atoms with Crippen molar-refractivity contribution in [2.24, 2.45) is 0 Å². The Bertz CT molecular complexity index is 2360. The van der Waals surface area contributed by atoms with E-state index in [0.29, 0.717) is 5.92 Å². The molecule has 1 saturated carbocycles. The lowest BCUT2D eigenvalue weighted by Crippen LogP contribution is -2.28. The van der Waals surface area contributed by atoms with E-state index in [4.69, 9.17) is 0 Å². The molecule has 0 amide bonds. The number of nitrogens with zero attached hydrogens (tertiary/aromatic N) is 1. The molecule has 7 aromatic carbocycles. The van der Waals surface area contributed by atoms with Crippen molar-refractivity contribution in [3.63, 3.8) is 0 Å². The fourth-order valence-electron chi connectivity index (χ4n) is 10.1. The smallest absolute Gasteiger partial charge is 0.0714 e. The fourth-order valence-corrected chi connectivity index (χ4v) is 10.1. The quantitative estimate of drug-likeness (QED) is 0.160. The van der Waals surface area contributed by atoms with Gasteiger partial charge in [0.05, 0.1) is 5.41 Å². The van der Waals surface area contributed by atoms with Gasteiger partial charge in [-0.2, -0.15) is 0 Å². The minimum Gasteiger partial charge on any atom is -0.310 e. The van der Waals surface area contributed by atoms with Gasteiger partial charge < -0.3 is 4.90 Å². The van der Waals surface area contributed by atoms with Crippen LogP contribution in [0.25, 0.3) is 22.3 Å². The molecule has 0 aromatic heterocycles. The zero-order valence-corrected chi connectivity index (χ0v) is 31.1. The lowest BCUT2D eigenvalue weighted by Gasteiger charge is -2.35. The third kappa shape index (κ3) is 5.61.